The average Bonchev–Trinajstić information content (AvgIpc) is 2.24. The van der Waals surface area contributed by atoms with E-state index >= 15 is 0 Å². The molecule has 0 saturated carbocycles. The van der Waals surface area contributed by atoms with Gasteiger partial charge in [0, 0.05) is 11.9 Å². The first-order chi connectivity index (χ1) is 8.56. The summed E-state index contributed by atoms with van der Waals surface area (Å²) in [5, 5.41) is 0.720. The van der Waals surface area contributed by atoms with Crippen molar-refractivity contribution in [2.45, 2.75) is 59.1 Å². The van der Waals surface area contributed by atoms with Gasteiger partial charge in [0.25, 0.3) is 0 Å². The van der Waals surface area contributed by atoms with Crippen LogP contribution in [-0.2, 0) is 4.74 Å². The van der Waals surface area contributed by atoms with Gasteiger partial charge in [-0.05, 0) is 44.6 Å². The van der Waals surface area contributed by atoms with Gasteiger partial charge in [0.05, 0.1) is 6.04 Å². The van der Waals surface area contributed by atoms with Gasteiger partial charge in [0.1, 0.15) is 5.60 Å². The molecule has 1 rings (SSSR count). The molecule has 1 fully saturated rings. The summed E-state index contributed by atoms with van der Waals surface area (Å²) in [7, 11) is 0. The fourth-order valence-electron chi connectivity index (χ4n) is 2.36. The lowest BCUT2D eigenvalue weighted by Gasteiger charge is -2.44. The molecule has 1 aliphatic rings. The molecule has 0 aromatic rings. The standard InChI is InChI=1S/C15H26BrNO2/c1-11(9-16)12-7-8-15(5,6)10-17(12)13(18)19-14(2,3)4/h12H,1,7-10H2,2-6H3. The van der Waals surface area contributed by atoms with Crippen LogP contribution in [0.2, 0.25) is 0 Å². The summed E-state index contributed by atoms with van der Waals surface area (Å²) in [4.78, 5) is 14.2. The van der Waals surface area contributed by atoms with Gasteiger partial charge < -0.3 is 9.64 Å². The molecule has 1 atom stereocenters. The minimum absolute atomic E-state index is 0.0854. The van der Waals surface area contributed by atoms with Crippen LogP contribution in [0, 0.1) is 5.41 Å². The number of halogens is 1. The number of rotatable bonds is 2. The Kier molecular flexibility index (Phi) is 5.10. The Morgan fingerprint density at radius 3 is 2.53 bits per heavy atom. The van der Waals surface area contributed by atoms with Crippen LogP contribution in [0.15, 0.2) is 12.2 Å². The van der Waals surface area contributed by atoms with Gasteiger partial charge in [-0.3, -0.25) is 0 Å². The Morgan fingerprint density at radius 1 is 1.47 bits per heavy atom. The van der Waals surface area contributed by atoms with E-state index < -0.39 is 5.60 Å². The molecule has 0 spiro atoms. The fraction of sp³-hybridized carbons (Fsp3) is 0.800. The van der Waals surface area contributed by atoms with Crippen LogP contribution in [0.1, 0.15) is 47.5 Å². The van der Waals surface area contributed by atoms with E-state index in [9.17, 15) is 4.79 Å². The molecule has 0 aromatic heterocycles. The molecule has 1 aliphatic heterocycles. The van der Waals surface area contributed by atoms with Crippen molar-refractivity contribution < 1.29 is 9.53 Å². The van der Waals surface area contributed by atoms with Gasteiger partial charge >= 0.3 is 6.09 Å². The SMILES string of the molecule is C=C(CBr)C1CCC(C)(C)CN1C(=O)OC(C)(C)C. The molecule has 1 unspecified atom stereocenters. The summed E-state index contributed by atoms with van der Waals surface area (Å²) in [6.07, 6.45) is 1.83. The van der Waals surface area contributed by atoms with E-state index in [1.165, 1.54) is 0 Å². The zero-order valence-corrected chi connectivity index (χ0v) is 14.3. The molecule has 19 heavy (non-hydrogen) atoms. The van der Waals surface area contributed by atoms with Crippen LogP contribution in [0.3, 0.4) is 0 Å². The lowest BCUT2D eigenvalue weighted by atomic mass is 9.80. The van der Waals surface area contributed by atoms with E-state index in [0.717, 1.165) is 30.3 Å². The summed E-state index contributed by atoms with van der Waals surface area (Å²) in [5.74, 6) is 0. The monoisotopic (exact) mass is 331 g/mol. The van der Waals surface area contributed by atoms with Gasteiger partial charge in [-0.2, -0.15) is 0 Å². The quantitative estimate of drug-likeness (QED) is 0.555. The van der Waals surface area contributed by atoms with E-state index in [0.29, 0.717) is 0 Å². The summed E-state index contributed by atoms with van der Waals surface area (Å²) in [5.41, 5.74) is 0.722. The lowest BCUT2D eigenvalue weighted by molar-refractivity contribution is -0.00180. The number of hydrogen-bond donors (Lipinski definition) is 0. The highest BCUT2D eigenvalue weighted by Gasteiger charge is 2.38. The Balaban J connectivity index is 2.88. The number of nitrogens with zero attached hydrogens (tertiary/aromatic N) is 1. The maximum Gasteiger partial charge on any atom is 0.410 e. The maximum absolute atomic E-state index is 12.4. The van der Waals surface area contributed by atoms with Crippen molar-refractivity contribution in [1.29, 1.82) is 0 Å². The highest BCUT2D eigenvalue weighted by Crippen LogP contribution is 2.35. The molecule has 1 heterocycles. The Labute approximate surface area is 125 Å². The predicted octanol–water partition coefficient (Wildman–Crippen LogP) is 4.36. The molecule has 0 aliphatic carbocycles. The largest absolute Gasteiger partial charge is 0.444 e. The molecule has 4 heteroatoms. The third-order valence-corrected chi connectivity index (χ3v) is 4.06. The summed E-state index contributed by atoms with van der Waals surface area (Å²) in [6, 6.07) is 0.0854. The van der Waals surface area contributed by atoms with Crippen LogP contribution in [0.5, 0.6) is 0 Å². The van der Waals surface area contributed by atoms with E-state index in [4.69, 9.17) is 4.74 Å². The van der Waals surface area contributed by atoms with Crippen LogP contribution in [0.25, 0.3) is 0 Å². The van der Waals surface area contributed by atoms with Crippen molar-refractivity contribution in [2.75, 3.05) is 11.9 Å². The number of hydrogen-bond acceptors (Lipinski definition) is 2. The van der Waals surface area contributed by atoms with Gasteiger partial charge in [-0.15, -0.1) is 0 Å². The van der Waals surface area contributed by atoms with Crippen molar-refractivity contribution >= 4 is 22.0 Å². The van der Waals surface area contributed by atoms with Gasteiger partial charge in [0.2, 0.25) is 0 Å². The van der Waals surface area contributed by atoms with E-state index in [2.05, 4.69) is 36.4 Å². The summed E-state index contributed by atoms with van der Waals surface area (Å²) in [6.45, 7) is 14.9. The second-order valence-corrected chi connectivity index (χ2v) is 7.68. The maximum atomic E-state index is 12.4. The van der Waals surface area contributed by atoms with E-state index in [1.807, 2.05) is 25.7 Å². The highest BCUT2D eigenvalue weighted by atomic mass is 79.9. The van der Waals surface area contributed by atoms with Crippen LogP contribution in [0.4, 0.5) is 4.79 Å². The normalized spacial score (nSPS) is 23.1. The molecule has 0 aromatic carbocycles. The van der Waals surface area contributed by atoms with Crippen molar-refractivity contribution in [2.24, 2.45) is 5.41 Å². The third kappa shape index (κ3) is 4.83. The molecule has 0 bridgehead atoms. The number of piperidine rings is 1. The Bertz CT molecular complexity index is 358. The Hall–Kier alpha value is -0.510. The zero-order chi connectivity index (χ0) is 14.8. The van der Waals surface area contributed by atoms with Crippen LogP contribution < -0.4 is 0 Å². The van der Waals surface area contributed by atoms with Crippen molar-refractivity contribution in [1.82, 2.24) is 4.90 Å². The number of alkyl halides is 1. The molecular formula is C15H26BrNO2. The number of amides is 1. The fourth-order valence-corrected chi connectivity index (χ4v) is 2.73. The minimum atomic E-state index is -0.459. The van der Waals surface area contributed by atoms with Crippen molar-refractivity contribution in [3.63, 3.8) is 0 Å². The highest BCUT2D eigenvalue weighted by molar-refractivity contribution is 9.09. The van der Waals surface area contributed by atoms with Crippen molar-refractivity contribution in [3.8, 4) is 0 Å². The molecule has 0 N–H and O–H groups in total. The molecule has 0 radical (unpaired) electrons. The van der Waals surface area contributed by atoms with E-state index in [1.54, 1.807) is 0 Å². The zero-order valence-electron chi connectivity index (χ0n) is 12.8. The average molecular weight is 332 g/mol. The first-order valence-electron chi connectivity index (χ1n) is 6.79. The smallest absolute Gasteiger partial charge is 0.410 e. The number of likely N-dealkylation sites (tertiary alicyclic amines) is 1. The first-order valence-corrected chi connectivity index (χ1v) is 7.91. The Morgan fingerprint density at radius 2 is 2.05 bits per heavy atom. The van der Waals surface area contributed by atoms with Gasteiger partial charge in [0.15, 0.2) is 0 Å². The molecule has 110 valence electrons. The first kappa shape index (κ1) is 16.5. The third-order valence-electron chi connectivity index (χ3n) is 3.34. The second-order valence-electron chi connectivity index (χ2n) is 7.12. The van der Waals surface area contributed by atoms with Gasteiger partial charge in [-0.25, -0.2) is 4.79 Å². The van der Waals surface area contributed by atoms with E-state index in [-0.39, 0.29) is 17.6 Å². The lowest BCUT2D eigenvalue weighted by Crippen LogP contribution is -2.52. The summed E-state index contributed by atoms with van der Waals surface area (Å²) >= 11 is 3.44. The van der Waals surface area contributed by atoms with Crippen molar-refractivity contribution in [3.05, 3.63) is 12.2 Å². The topological polar surface area (TPSA) is 29.5 Å². The molecular weight excluding hydrogens is 306 g/mol. The number of carbonyl (C=O) groups excluding carboxylic acids is 1. The van der Waals surface area contributed by atoms with Gasteiger partial charge in [-0.1, -0.05) is 36.4 Å². The number of ether oxygens (including phenoxy) is 1. The second kappa shape index (κ2) is 5.86. The number of carbonyl (C=O) groups is 1. The molecule has 3 nitrogen and oxygen atoms in total. The molecule has 1 saturated heterocycles. The minimum Gasteiger partial charge on any atom is -0.444 e. The van der Waals surface area contributed by atoms with Crippen LogP contribution >= 0.6 is 15.9 Å². The summed E-state index contributed by atoms with van der Waals surface area (Å²) < 4.78 is 5.53. The predicted molar refractivity (Wildman–Crippen MR) is 82.7 cm³/mol. The van der Waals surface area contributed by atoms with Crippen LogP contribution in [-0.4, -0.2) is 34.5 Å². The molecule has 1 amide bonds.